The van der Waals surface area contributed by atoms with Gasteiger partial charge >= 0.3 is 11.9 Å². The van der Waals surface area contributed by atoms with Crippen molar-refractivity contribution in [3.05, 3.63) is 12.2 Å². The second-order valence-corrected chi connectivity index (χ2v) is 23.1. The summed E-state index contributed by atoms with van der Waals surface area (Å²) in [7, 11) is -1.17. The van der Waals surface area contributed by atoms with Gasteiger partial charge in [0.1, 0.15) is 6.29 Å². The van der Waals surface area contributed by atoms with Gasteiger partial charge < -0.3 is 23.1 Å². The molecule has 4 fully saturated rings. The highest BCUT2D eigenvalue weighted by Gasteiger charge is 2.79. The molecule has 0 heterocycles. The molecule has 0 aromatic heterocycles. The predicted octanol–water partition coefficient (Wildman–Crippen LogP) is 4.98. The second kappa shape index (κ2) is 9.13. The van der Waals surface area contributed by atoms with Gasteiger partial charge in [-0.25, -0.2) is 0 Å². The minimum atomic E-state index is -2.08. The quantitative estimate of drug-likeness (QED) is 0.191. The molecule has 0 amide bonds. The number of hydrogen-bond acceptors (Lipinski definition) is 7. The Hall–Kier alpha value is -1.30. The molecule has 4 saturated carbocycles. The van der Waals surface area contributed by atoms with E-state index in [-0.39, 0.29) is 23.9 Å². The molecular weight excluding hydrogens is 504 g/mol. The van der Waals surface area contributed by atoms with Gasteiger partial charge in [0.15, 0.2) is 16.6 Å². The van der Waals surface area contributed by atoms with Crippen LogP contribution >= 0.6 is 0 Å². The number of carbonyl (C=O) groups is 3. The van der Waals surface area contributed by atoms with E-state index in [9.17, 15) is 14.4 Å². The minimum absolute atomic E-state index is 0.0333. The average molecular weight is 551 g/mol. The fourth-order valence-electron chi connectivity index (χ4n) is 9.04. The zero-order chi connectivity index (χ0) is 27.8. The highest BCUT2D eigenvalue weighted by molar-refractivity contribution is 6.70. The first-order valence-electron chi connectivity index (χ1n) is 13.7. The minimum Gasteiger partial charge on any atom is -0.469 e. The Morgan fingerprint density at radius 2 is 1.65 bits per heavy atom. The van der Waals surface area contributed by atoms with E-state index >= 15 is 0 Å². The Bertz CT molecular complexity index is 984. The third-order valence-corrected chi connectivity index (χ3v) is 11.9. The van der Waals surface area contributed by atoms with Crippen LogP contribution in [0.1, 0.15) is 39.0 Å². The van der Waals surface area contributed by atoms with Crippen LogP contribution in [-0.4, -0.2) is 61.3 Å². The van der Waals surface area contributed by atoms with Crippen LogP contribution in [0.5, 0.6) is 0 Å². The number of carbonyl (C=O) groups excluding carboxylic acids is 3. The Morgan fingerprint density at radius 1 is 1.03 bits per heavy atom. The molecule has 9 atom stereocenters. The van der Waals surface area contributed by atoms with Gasteiger partial charge in [-0.2, -0.15) is 0 Å². The van der Waals surface area contributed by atoms with Gasteiger partial charge in [0.2, 0.25) is 0 Å². The van der Waals surface area contributed by atoms with E-state index in [1.54, 1.807) is 0 Å². The fourth-order valence-corrected chi connectivity index (χ4v) is 11.4. The van der Waals surface area contributed by atoms with E-state index in [1.807, 2.05) is 6.92 Å². The van der Waals surface area contributed by atoms with Crippen molar-refractivity contribution in [1.29, 1.82) is 0 Å². The lowest BCUT2D eigenvalue weighted by Crippen LogP contribution is -2.61. The van der Waals surface area contributed by atoms with Crippen molar-refractivity contribution in [2.24, 2.45) is 39.9 Å². The number of hydrogen-bond donors (Lipinski definition) is 0. The predicted molar refractivity (Wildman–Crippen MR) is 146 cm³/mol. The molecule has 9 heteroatoms. The Labute approximate surface area is 224 Å². The Kier molecular flexibility index (Phi) is 7.08. The molecule has 208 valence electrons. The molecule has 0 aromatic rings. The molecular formula is C28H46O7Si2. The van der Waals surface area contributed by atoms with E-state index in [4.69, 9.17) is 18.3 Å². The van der Waals surface area contributed by atoms with E-state index in [0.717, 1.165) is 18.3 Å². The molecule has 2 unspecified atom stereocenters. The SMILES string of the molecule is C=C1C[C@]23CC1[C@@H](O[Si](C)(C)C)C[C@H]2[C@]1(C=O)CC[C@H](O[Si](C)(C)C)[C@@](C)(C(=O)OC)C1[C@@H]3C(=O)OC. The molecule has 37 heavy (non-hydrogen) atoms. The normalized spacial score (nSPS) is 43.1. The van der Waals surface area contributed by atoms with Crippen LogP contribution in [0.25, 0.3) is 0 Å². The smallest absolute Gasteiger partial charge is 0.314 e. The molecule has 0 N–H and O–H groups in total. The summed E-state index contributed by atoms with van der Waals surface area (Å²) in [5.74, 6) is -1.95. The van der Waals surface area contributed by atoms with Crippen molar-refractivity contribution in [3.63, 3.8) is 0 Å². The highest BCUT2D eigenvalue weighted by atomic mass is 28.4. The summed E-state index contributed by atoms with van der Waals surface area (Å²) in [4.78, 5) is 41.0. The van der Waals surface area contributed by atoms with Gasteiger partial charge in [0.05, 0.1) is 37.8 Å². The lowest BCUT2D eigenvalue weighted by molar-refractivity contribution is -0.184. The topological polar surface area (TPSA) is 88.1 Å². The van der Waals surface area contributed by atoms with E-state index in [2.05, 4.69) is 45.9 Å². The summed E-state index contributed by atoms with van der Waals surface area (Å²) in [6, 6.07) is 0. The number of methoxy groups -OCH3 is 2. The van der Waals surface area contributed by atoms with Gasteiger partial charge in [-0.3, -0.25) is 9.59 Å². The number of esters is 2. The summed E-state index contributed by atoms with van der Waals surface area (Å²) in [6.07, 6.45) is 3.80. The molecule has 0 aliphatic heterocycles. The van der Waals surface area contributed by atoms with Gasteiger partial charge in [0.25, 0.3) is 0 Å². The molecule has 4 aliphatic carbocycles. The van der Waals surface area contributed by atoms with Crippen molar-refractivity contribution < 1.29 is 32.7 Å². The van der Waals surface area contributed by atoms with Crippen molar-refractivity contribution in [1.82, 2.24) is 0 Å². The third-order valence-electron chi connectivity index (χ3n) is 9.93. The lowest BCUT2D eigenvalue weighted by Gasteiger charge is -2.54. The van der Waals surface area contributed by atoms with Crippen LogP contribution in [0.4, 0.5) is 0 Å². The van der Waals surface area contributed by atoms with Crippen molar-refractivity contribution >= 4 is 34.9 Å². The van der Waals surface area contributed by atoms with E-state index < -0.39 is 56.8 Å². The number of aldehydes is 1. The third kappa shape index (κ3) is 4.23. The van der Waals surface area contributed by atoms with E-state index in [1.165, 1.54) is 14.2 Å². The molecule has 1 spiro atoms. The maximum atomic E-state index is 13.8. The highest BCUT2D eigenvalue weighted by Crippen LogP contribution is 2.77. The first-order chi connectivity index (χ1) is 17.0. The summed E-state index contributed by atoms with van der Waals surface area (Å²) < 4.78 is 24.3. The summed E-state index contributed by atoms with van der Waals surface area (Å²) in [6.45, 7) is 19.2. The van der Waals surface area contributed by atoms with Crippen LogP contribution < -0.4 is 0 Å². The molecule has 4 aliphatic rings. The summed E-state index contributed by atoms with van der Waals surface area (Å²) in [5.41, 5.74) is -1.46. The van der Waals surface area contributed by atoms with E-state index in [0.29, 0.717) is 25.7 Å². The van der Waals surface area contributed by atoms with Gasteiger partial charge in [-0.05, 0) is 89.6 Å². The van der Waals surface area contributed by atoms with Crippen molar-refractivity contribution in [3.8, 4) is 0 Å². The molecule has 7 nitrogen and oxygen atoms in total. The Morgan fingerprint density at radius 3 is 2.16 bits per heavy atom. The largest absolute Gasteiger partial charge is 0.469 e. The van der Waals surface area contributed by atoms with Crippen LogP contribution in [0.2, 0.25) is 39.3 Å². The number of ether oxygens (including phenoxy) is 2. The standard InChI is InChI=1S/C28H46O7Si2/c1-17-14-28-15-18(17)19(34-36(5,6)7)13-20(28)27(16-29)12-11-21(35-37(8,9)10)26(2,25(31)33-4)23(27)22(28)24(30)32-3/h16,18-23H,1,11-15H2,2-10H3/t18?,19-,20-,21-,22+,23?,26+,27+,28-/m0/s1. The lowest BCUT2D eigenvalue weighted by atomic mass is 9.51. The average Bonchev–Trinajstić information content (AvgIpc) is 3.22. The summed E-state index contributed by atoms with van der Waals surface area (Å²) in [5, 5.41) is 0. The van der Waals surface area contributed by atoms with Crippen LogP contribution in [0.15, 0.2) is 12.2 Å². The van der Waals surface area contributed by atoms with Gasteiger partial charge in [-0.15, -0.1) is 0 Å². The summed E-state index contributed by atoms with van der Waals surface area (Å²) >= 11 is 0. The zero-order valence-electron chi connectivity index (χ0n) is 24.1. The van der Waals surface area contributed by atoms with Gasteiger partial charge in [0, 0.05) is 17.3 Å². The molecule has 0 radical (unpaired) electrons. The fraction of sp³-hybridized carbons (Fsp3) is 0.821. The molecule has 4 rings (SSSR count). The van der Waals surface area contributed by atoms with Crippen molar-refractivity contribution in [2.75, 3.05) is 14.2 Å². The van der Waals surface area contributed by atoms with Gasteiger partial charge in [-0.1, -0.05) is 12.2 Å². The second-order valence-electron chi connectivity index (χ2n) is 14.2. The molecule has 0 aromatic carbocycles. The van der Waals surface area contributed by atoms with Crippen molar-refractivity contribution in [2.45, 2.75) is 90.5 Å². The maximum absolute atomic E-state index is 13.8. The molecule has 2 bridgehead atoms. The molecule has 0 saturated heterocycles. The van der Waals surface area contributed by atoms with Crippen LogP contribution in [0, 0.1) is 39.9 Å². The van der Waals surface area contributed by atoms with Crippen LogP contribution in [0.3, 0.4) is 0 Å². The first-order valence-corrected chi connectivity index (χ1v) is 20.5. The zero-order valence-corrected chi connectivity index (χ0v) is 26.1. The first kappa shape index (κ1) is 28.7. The number of rotatable bonds is 7. The number of fused-ring (bicyclic) bond motifs is 3. The van der Waals surface area contributed by atoms with Crippen LogP contribution in [-0.2, 0) is 32.7 Å². The maximum Gasteiger partial charge on any atom is 0.314 e. The Balaban J connectivity index is 1.94. The monoisotopic (exact) mass is 550 g/mol.